The van der Waals surface area contributed by atoms with Gasteiger partial charge in [0.2, 0.25) is 0 Å². The third-order valence-corrected chi connectivity index (χ3v) is 5.99. The Hall–Kier alpha value is -0.880. The van der Waals surface area contributed by atoms with E-state index >= 15 is 0 Å². The Kier molecular flexibility index (Phi) is 14.5. The summed E-state index contributed by atoms with van der Waals surface area (Å²) in [5.41, 5.74) is -0.489. The molecule has 0 aliphatic rings. The zero-order valence-corrected chi connectivity index (χ0v) is 19.3. The topological polar surface area (TPSA) is 125 Å². The third kappa shape index (κ3) is 15.6. The van der Waals surface area contributed by atoms with E-state index in [0.29, 0.717) is 24.5 Å². The summed E-state index contributed by atoms with van der Waals surface area (Å²) in [7, 11) is -4.03. The number of hydrogen-bond donors (Lipinski definition) is 1. The molecule has 0 spiro atoms. The zero-order valence-electron chi connectivity index (χ0n) is 17.7. The molecule has 11 heteroatoms. The van der Waals surface area contributed by atoms with E-state index in [2.05, 4.69) is 0 Å². The van der Waals surface area contributed by atoms with Crippen LogP contribution in [0.4, 0.5) is 0 Å². The molecule has 0 saturated carbocycles. The van der Waals surface area contributed by atoms with E-state index in [1.807, 2.05) is 20.8 Å². The summed E-state index contributed by atoms with van der Waals surface area (Å²) < 4.78 is 50.3. The van der Waals surface area contributed by atoms with E-state index in [-0.39, 0.29) is 44.9 Å². The van der Waals surface area contributed by atoms with E-state index in [1.165, 1.54) is 11.8 Å². The molecule has 0 aromatic rings. The van der Waals surface area contributed by atoms with Crippen LogP contribution in [0.25, 0.3) is 0 Å². The Balaban J connectivity index is 3.56. The predicted molar refractivity (Wildman–Crippen MR) is 110 cm³/mol. The van der Waals surface area contributed by atoms with Crippen molar-refractivity contribution in [1.82, 2.24) is 0 Å². The van der Waals surface area contributed by atoms with Gasteiger partial charge in [-0.05, 0) is 26.7 Å². The quantitative estimate of drug-likeness (QED) is 0.150. The standard InChI is InChI=1S/C18H34O9S2/c1-5-18(3,4)17(20)27-9-8-24-14-25-10-11-28-13-15(2)16(19)26-7-6-12-29(21,22)23/h15H,5-14H2,1-4H3,(H,21,22,23). The van der Waals surface area contributed by atoms with Gasteiger partial charge in [0, 0.05) is 11.5 Å². The number of ether oxygens (including phenoxy) is 4. The van der Waals surface area contributed by atoms with E-state index in [0.717, 1.165) is 0 Å². The normalized spacial score (nSPS) is 13.1. The van der Waals surface area contributed by atoms with E-state index in [1.54, 1.807) is 6.92 Å². The monoisotopic (exact) mass is 458 g/mol. The van der Waals surface area contributed by atoms with E-state index in [4.69, 9.17) is 23.5 Å². The molecule has 1 unspecified atom stereocenters. The first-order valence-corrected chi connectivity index (χ1v) is 12.3. The van der Waals surface area contributed by atoms with Gasteiger partial charge in [0.05, 0.1) is 36.9 Å². The number of hydrogen-bond acceptors (Lipinski definition) is 9. The minimum Gasteiger partial charge on any atom is -0.465 e. The molecule has 0 bridgehead atoms. The van der Waals surface area contributed by atoms with Gasteiger partial charge in [0.1, 0.15) is 13.4 Å². The van der Waals surface area contributed by atoms with Crippen LogP contribution in [0.5, 0.6) is 0 Å². The summed E-state index contributed by atoms with van der Waals surface area (Å²) in [6, 6.07) is 0. The van der Waals surface area contributed by atoms with Gasteiger partial charge < -0.3 is 18.9 Å². The van der Waals surface area contributed by atoms with Gasteiger partial charge in [-0.15, -0.1) is 0 Å². The van der Waals surface area contributed by atoms with Crippen LogP contribution >= 0.6 is 11.8 Å². The van der Waals surface area contributed by atoms with Crippen molar-refractivity contribution in [2.24, 2.45) is 11.3 Å². The second kappa shape index (κ2) is 15.0. The second-order valence-corrected chi connectivity index (χ2v) is 9.81. The molecule has 0 saturated heterocycles. The first-order valence-electron chi connectivity index (χ1n) is 9.52. The van der Waals surface area contributed by atoms with Crippen molar-refractivity contribution in [3.8, 4) is 0 Å². The number of carbonyl (C=O) groups is 2. The minimum absolute atomic E-state index is 0.0423. The van der Waals surface area contributed by atoms with Crippen molar-refractivity contribution in [3.05, 3.63) is 0 Å². The molecule has 172 valence electrons. The SMILES string of the molecule is CCC(C)(C)C(=O)OCCOCOCCSCC(C)C(=O)OCCCS(=O)(=O)O. The van der Waals surface area contributed by atoms with Gasteiger partial charge in [-0.1, -0.05) is 13.8 Å². The molecular weight excluding hydrogens is 424 g/mol. The molecule has 0 aromatic heterocycles. The maximum atomic E-state index is 11.7. The summed E-state index contributed by atoms with van der Waals surface area (Å²) in [6.45, 7) is 8.28. The van der Waals surface area contributed by atoms with Crippen LogP contribution in [-0.2, 0) is 38.7 Å². The highest BCUT2D eigenvalue weighted by Gasteiger charge is 2.26. The average molecular weight is 459 g/mol. The molecule has 9 nitrogen and oxygen atoms in total. The van der Waals surface area contributed by atoms with Gasteiger partial charge in [0.25, 0.3) is 10.1 Å². The van der Waals surface area contributed by atoms with Crippen molar-refractivity contribution in [1.29, 1.82) is 0 Å². The Morgan fingerprint density at radius 3 is 2.34 bits per heavy atom. The lowest BCUT2D eigenvalue weighted by Crippen LogP contribution is -2.27. The highest BCUT2D eigenvalue weighted by molar-refractivity contribution is 7.99. The summed E-state index contributed by atoms with van der Waals surface area (Å²) in [5.74, 6) is -0.190. The smallest absolute Gasteiger partial charge is 0.311 e. The van der Waals surface area contributed by atoms with Crippen LogP contribution in [0.15, 0.2) is 0 Å². The molecule has 1 atom stereocenters. The first-order chi connectivity index (χ1) is 13.5. The fourth-order valence-corrected chi connectivity index (χ4v) is 3.09. The Morgan fingerprint density at radius 1 is 1.07 bits per heavy atom. The summed E-state index contributed by atoms with van der Waals surface area (Å²) >= 11 is 1.52. The maximum absolute atomic E-state index is 11.7. The average Bonchev–Trinajstić information content (AvgIpc) is 2.65. The van der Waals surface area contributed by atoms with Crippen LogP contribution in [0, 0.1) is 11.3 Å². The third-order valence-electron chi connectivity index (χ3n) is 4.00. The molecule has 0 aliphatic carbocycles. The van der Waals surface area contributed by atoms with Crippen LogP contribution in [-0.4, -0.2) is 75.4 Å². The van der Waals surface area contributed by atoms with E-state index in [9.17, 15) is 18.0 Å². The molecular formula is C18H34O9S2. The first kappa shape index (κ1) is 28.1. The van der Waals surface area contributed by atoms with Gasteiger partial charge in [0.15, 0.2) is 0 Å². The highest BCUT2D eigenvalue weighted by Crippen LogP contribution is 2.21. The van der Waals surface area contributed by atoms with Crippen LogP contribution in [0.1, 0.15) is 40.5 Å². The number of rotatable bonds is 17. The second-order valence-electron chi connectivity index (χ2n) is 7.09. The molecule has 29 heavy (non-hydrogen) atoms. The molecule has 0 radical (unpaired) electrons. The highest BCUT2D eigenvalue weighted by atomic mass is 32.2. The van der Waals surface area contributed by atoms with Crippen molar-refractivity contribution in [3.63, 3.8) is 0 Å². The Bertz CT molecular complexity index is 576. The van der Waals surface area contributed by atoms with Crippen molar-refractivity contribution >= 4 is 33.8 Å². The van der Waals surface area contributed by atoms with Crippen molar-refractivity contribution in [2.75, 3.05) is 50.5 Å². The van der Waals surface area contributed by atoms with E-state index < -0.39 is 27.3 Å². The van der Waals surface area contributed by atoms with Crippen molar-refractivity contribution < 1.29 is 41.5 Å². The molecule has 0 heterocycles. The molecule has 0 fully saturated rings. The minimum atomic E-state index is -4.03. The number of esters is 2. The van der Waals surface area contributed by atoms with Crippen LogP contribution in [0.3, 0.4) is 0 Å². The predicted octanol–water partition coefficient (Wildman–Crippen LogP) is 2.15. The van der Waals surface area contributed by atoms with Gasteiger partial charge in [-0.3, -0.25) is 14.1 Å². The molecule has 0 aromatic carbocycles. The van der Waals surface area contributed by atoms with Crippen molar-refractivity contribution in [2.45, 2.75) is 40.5 Å². The van der Waals surface area contributed by atoms with Gasteiger partial charge in [-0.2, -0.15) is 20.2 Å². The van der Waals surface area contributed by atoms with Crippen LogP contribution in [0.2, 0.25) is 0 Å². The fourth-order valence-electron chi connectivity index (χ4n) is 1.71. The van der Waals surface area contributed by atoms with Gasteiger partial charge in [-0.25, -0.2) is 0 Å². The lowest BCUT2D eigenvalue weighted by Gasteiger charge is -2.20. The number of thioether (sulfide) groups is 1. The Labute approximate surface area is 177 Å². The van der Waals surface area contributed by atoms with Gasteiger partial charge >= 0.3 is 11.9 Å². The largest absolute Gasteiger partial charge is 0.465 e. The molecule has 0 amide bonds. The number of carbonyl (C=O) groups excluding carboxylic acids is 2. The Morgan fingerprint density at radius 2 is 1.72 bits per heavy atom. The zero-order chi connectivity index (χ0) is 22.3. The molecule has 0 aliphatic heterocycles. The molecule has 1 N–H and O–H groups in total. The lowest BCUT2D eigenvalue weighted by molar-refractivity contribution is -0.157. The molecule has 0 rings (SSSR count). The maximum Gasteiger partial charge on any atom is 0.311 e. The summed E-state index contributed by atoms with van der Waals surface area (Å²) in [5, 5.41) is 0. The lowest BCUT2D eigenvalue weighted by atomic mass is 9.91. The van der Waals surface area contributed by atoms with Crippen LogP contribution < -0.4 is 0 Å². The fraction of sp³-hybridized carbons (Fsp3) is 0.889. The summed E-state index contributed by atoms with van der Waals surface area (Å²) in [6.07, 6.45) is 0.770. The summed E-state index contributed by atoms with van der Waals surface area (Å²) in [4.78, 5) is 23.5.